The molecule has 0 atom stereocenters. The molecule has 0 aliphatic carbocycles. The molecule has 0 saturated heterocycles. The summed E-state index contributed by atoms with van der Waals surface area (Å²) in [5, 5.41) is 2.34. The summed E-state index contributed by atoms with van der Waals surface area (Å²) < 4.78 is 0. The standard InChI is InChI=1S/C14H10N2.Ir/c1-2-6-12-11(5-1)8-10-16-14(12)13-7-3-4-9-15-13;/h1-10H;. The maximum Gasteiger partial charge on any atom is 0.0964 e. The van der Waals surface area contributed by atoms with Crippen LogP contribution in [0.2, 0.25) is 0 Å². The number of aromatic nitrogens is 2. The van der Waals surface area contributed by atoms with E-state index in [0.29, 0.717) is 0 Å². The van der Waals surface area contributed by atoms with Crippen LogP contribution < -0.4 is 0 Å². The molecule has 1 aromatic carbocycles. The third-order valence-corrected chi connectivity index (χ3v) is 2.58. The zero-order chi connectivity index (χ0) is 10.8. The predicted octanol–water partition coefficient (Wildman–Crippen LogP) is 3.29. The molecule has 0 unspecified atom stereocenters. The Hall–Kier alpha value is -1.57. The van der Waals surface area contributed by atoms with Crippen molar-refractivity contribution in [3.63, 3.8) is 0 Å². The second-order valence-corrected chi connectivity index (χ2v) is 3.60. The molecule has 0 spiro atoms. The van der Waals surface area contributed by atoms with Gasteiger partial charge < -0.3 is 0 Å². The summed E-state index contributed by atoms with van der Waals surface area (Å²) in [6.45, 7) is 0. The largest absolute Gasteiger partial charge is 0.255 e. The van der Waals surface area contributed by atoms with Gasteiger partial charge in [-0.25, -0.2) is 0 Å². The zero-order valence-electron chi connectivity index (χ0n) is 9.00. The van der Waals surface area contributed by atoms with Crippen molar-refractivity contribution in [2.75, 3.05) is 0 Å². The molecule has 0 saturated carbocycles. The summed E-state index contributed by atoms with van der Waals surface area (Å²) in [5.41, 5.74) is 1.86. The van der Waals surface area contributed by atoms with Crippen LogP contribution in [0.15, 0.2) is 60.9 Å². The molecule has 2 heterocycles. The third kappa shape index (κ3) is 2.26. The Morgan fingerprint density at radius 1 is 0.706 bits per heavy atom. The molecule has 0 aliphatic heterocycles. The van der Waals surface area contributed by atoms with Crippen LogP contribution in [0.4, 0.5) is 0 Å². The topological polar surface area (TPSA) is 25.8 Å². The van der Waals surface area contributed by atoms with E-state index in [-0.39, 0.29) is 20.1 Å². The van der Waals surface area contributed by atoms with Gasteiger partial charge in [0.1, 0.15) is 0 Å². The summed E-state index contributed by atoms with van der Waals surface area (Å²) in [6.07, 6.45) is 3.62. The number of pyridine rings is 2. The van der Waals surface area contributed by atoms with Crippen LogP contribution in [0, 0.1) is 0 Å². The third-order valence-electron chi connectivity index (χ3n) is 2.58. The van der Waals surface area contributed by atoms with Gasteiger partial charge in [-0.05, 0) is 23.6 Å². The fraction of sp³-hybridized carbons (Fsp3) is 0. The number of hydrogen-bond donors (Lipinski definition) is 0. The van der Waals surface area contributed by atoms with Crippen molar-refractivity contribution in [1.82, 2.24) is 9.97 Å². The quantitative estimate of drug-likeness (QED) is 0.629. The van der Waals surface area contributed by atoms with E-state index in [9.17, 15) is 0 Å². The molecule has 3 heteroatoms. The van der Waals surface area contributed by atoms with Gasteiger partial charge in [0.2, 0.25) is 0 Å². The van der Waals surface area contributed by atoms with Crippen molar-refractivity contribution < 1.29 is 20.1 Å². The summed E-state index contributed by atoms with van der Waals surface area (Å²) in [5.74, 6) is 0. The van der Waals surface area contributed by atoms with Crippen LogP contribution >= 0.6 is 0 Å². The van der Waals surface area contributed by atoms with Gasteiger partial charge in [0.25, 0.3) is 0 Å². The van der Waals surface area contributed by atoms with Gasteiger partial charge in [0.05, 0.1) is 11.4 Å². The molecule has 0 N–H and O–H groups in total. The maximum atomic E-state index is 4.41. The van der Waals surface area contributed by atoms with Crippen molar-refractivity contribution >= 4 is 10.8 Å². The smallest absolute Gasteiger partial charge is 0.0964 e. The van der Waals surface area contributed by atoms with Crippen molar-refractivity contribution in [1.29, 1.82) is 0 Å². The maximum absolute atomic E-state index is 4.41. The zero-order valence-corrected chi connectivity index (χ0v) is 11.4. The van der Waals surface area contributed by atoms with Gasteiger partial charge >= 0.3 is 0 Å². The Bertz CT molecular complexity index is 618. The molecule has 17 heavy (non-hydrogen) atoms. The second kappa shape index (κ2) is 5.17. The molecule has 85 valence electrons. The van der Waals surface area contributed by atoms with Crippen LogP contribution in [-0.4, -0.2) is 9.97 Å². The van der Waals surface area contributed by atoms with E-state index in [1.54, 1.807) is 6.20 Å². The Morgan fingerprint density at radius 2 is 1.53 bits per heavy atom. The van der Waals surface area contributed by atoms with Crippen LogP contribution in [0.3, 0.4) is 0 Å². The number of hydrogen-bond acceptors (Lipinski definition) is 2. The fourth-order valence-corrected chi connectivity index (χ4v) is 1.83. The van der Waals surface area contributed by atoms with Gasteiger partial charge in [0.15, 0.2) is 0 Å². The van der Waals surface area contributed by atoms with Gasteiger partial charge in [0, 0.05) is 37.9 Å². The molecular weight excluding hydrogens is 388 g/mol. The van der Waals surface area contributed by atoms with Crippen LogP contribution in [0.25, 0.3) is 22.2 Å². The van der Waals surface area contributed by atoms with E-state index in [1.807, 2.05) is 42.6 Å². The van der Waals surface area contributed by atoms with Crippen molar-refractivity contribution in [3.8, 4) is 11.4 Å². The molecule has 1 radical (unpaired) electrons. The summed E-state index contributed by atoms with van der Waals surface area (Å²) in [6, 6.07) is 16.1. The summed E-state index contributed by atoms with van der Waals surface area (Å²) >= 11 is 0. The van der Waals surface area contributed by atoms with Gasteiger partial charge in [-0.3, -0.25) is 9.97 Å². The molecule has 3 rings (SSSR count). The molecule has 2 aromatic heterocycles. The minimum Gasteiger partial charge on any atom is -0.255 e. The first-order valence-corrected chi connectivity index (χ1v) is 5.20. The molecule has 2 nitrogen and oxygen atoms in total. The van der Waals surface area contributed by atoms with E-state index in [0.717, 1.165) is 16.8 Å². The average Bonchev–Trinajstić information content (AvgIpc) is 2.39. The number of fused-ring (bicyclic) bond motifs is 1. The van der Waals surface area contributed by atoms with Gasteiger partial charge in [-0.1, -0.05) is 30.3 Å². The monoisotopic (exact) mass is 399 g/mol. The normalized spacial score (nSPS) is 9.88. The first kappa shape index (κ1) is 11.9. The molecule has 0 aliphatic rings. The van der Waals surface area contributed by atoms with E-state index in [2.05, 4.69) is 22.1 Å². The predicted molar refractivity (Wildman–Crippen MR) is 65.0 cm³/mol. The van der Waals surface area contributed by atoms with Crippen molar-refractivity contribution in [2.24, 2.45) is 0 Å². The first-order chi connectivity index (χ1) is 7.95. The Balaban J connectivity index is 0.00000108. The average molecular weight is 398 g/mol. The summed E-state index contributed by atoms with van der Waals surface area (Å²) in [4.78, 5) is 8.75. The number of rotatable bonds is 1. The molecule has 0 amide bonds. The van der Waals surface area contributed by atoms with Crippen LogP contribution in [-0.2, 0) is 20.1 Å². The Morgan fingerprint density at radius 3 is 2.35 bits per heavy atom. The molecule has 0 fully saturated rings. The van der Waals surface area contributed by atoms with E-state index >= 15 is 0 Å². The van der Waals surface area contributed by atoms with Crippen molar-refractivity contribution in [2.45, 2.75) is 0 Å². The summed E-state index contributed by atoms with van der Waals surface area (Å²) in [7, 11) is 0. The minimum absolute atomic E-state index is 0. The molecule has 0 bridgehead atoms. The van der Waals surface area contributed by atoms with Gasteiger partial charge in [-0.15, -0.1) is 0 Å². The number of nitrogens with zero attached hydrogens (tertiary/aromatic N) is 2. The van der Waals surface area contributed by atoms with E-state index < -0.39 is 0 Å². The minimum atomic E-state index is 0. The number of benzene rings is 1. The van der Waals surface area contributed by atoms with E-state index in [4.69, 9.17) is 0 Å². The Kier molecular flexibility index (Phi) is 3.62. The van der Waals surface area contributed by atoms with Crippen molar-refractivity contribution in [3.05, 3.63) is 60.9 Å². The van der Waals surface area contributed by atoms with Gasteiger partial charge in [-0.2, -0.15) is 0 Å². The fourth-order valence-electron chi connectivity index (χ4n) is 1.83. The van der Waals surface area contributed by atoms with Crippen LogP contribution in [0.5, 0.6) is 0 Å². The second-order valence-electron chi connectivity index (χ2n) is 3.60. The van der Waals surface area contributed by atoms with E-state index in [1.165, 1.54) is 5.39 Å². The first-order valence-electron chi connectivity index (χ1n) is 5.20. The molecule has 3 aromatic rings. The Labute approximate surface area is 113 Å². The SMILES string of the molecule is [Ir].c1ccc(-c2nccc3ccccc23)nc1. The van der Waals surface area contributed by atoms with Crippen LogP contribution in [0.1, 0.15) is 0 Å². The molecular formula is C14H10IrN2.